The van der Waals surface area contributed by atoms with E-state index in [9.17, 15) is 4.79 Å². The monoisotopic (exact) mass is 385 g/mol. The van der Waals surface area contributed by atoms with E-state index in [1.165, 1.54) is 6.20 Å². The van der Waals surface area contributed by atoms with Gasteiger partial charge in [-0.05, 0) is 18.2 Å². The molecule has 5 aromatic heterocycles. The predicted octanol–water partition coefficient (Wildman–Crippen LogP) is 1.96. The summed E-state index contributed by atoms with van der Waals surface area (Å²) in [7, 11) is 1.83. The fraction of sp³-hybridized carbons (Fsp3) is 0.0526. The number of carbonyl (C=O) groups excluding carboxylic acids is 1. The number of rotatable bonds is 4. The molecule has 0 aliphatic rings. The first-order valence-electron chi connectivity index (χ1n) is 8.78. The largest absolute Gasteiger partial charge is 0.306 e. The number of amides is 1. The number of nitrogens with one attached hydrogen (secondary N) is 1. The molecule has 29 heavy (non-hydrogen) atoms. The molecular formula is C19H15N9O. The first kappa shape index (κ1) is 16.8. The summed E-state index contributed by atoms with van der Waals surface area (Å²) in [6, 6.07) is 7.35. The van der Waals surface area contributed by atoms with Crippen molar-refractivity contribution in [2.45, 2.75) is 0 Å². The van der Waals surface area contributed by atoms with E-state index < -0.39 is 0 Å². The van der Waals surface area contributed by atoms with E-state index in [0.717, 1.165) is 11.2 Å². The lowest BCUT2D eigenvalue weighted by Gasteiger charge is -2.08. The number of aryl methyl sites for hydroxylation is 1. The summed E-state index contributed by atoms with van der Waals surface area (Å²) >= 11 is 0. The van der Waals surface area contributed by atoms with Crippen LogP contribution in [0, 0.1) is 0 Å². The molecule has 0 saturated heterocycles. The molecule has 10 heteroatoms. The average Bonchev–Trinajstić information content (AvgIpc) is 3.48. The van der Waals surface area contributed by atoms with E-state index in [1.807, 2.05) is 42.0 Å². The second-order valence-electron chi connectivity index (χ2n) is 6.37. The highest BCUT2D eigenvalue weighted by Gasteiger charge is 2.18. The van der Waals surface area contributed by atoms with E-state index >= 15 is 0 Å². The summed E-state index contributed by atoms with van der Waals surface area (Å²) in [6.45, 7) is 0. The lowest BCUT2D eigenvalue weighted by atomic mass is 10.2. The number of hydrogen-bond acceptors (Lipinski definition) is 6. The van der Waals surface area contributed by atoms with Crippen LogP contribution in [0.2, 0.25) is 0 Å². The molecule has 10 nitrogen and oxygen atoms in total. The van der Waals surface area contributed by atoms with Crippen molar-refractivity contribution in [1.82, 2.24) is 39.1 Å². The molecule has 5 rings (SSSR count). The number of carbonyl (C=O) groups is 1. The van der Waals surface area contributed by atoms with Gasteiger partial charge in [-0.2, -0.15) is 5.10 Å². The van der Waals surface area contributed by atoms with E-state index in [-0.39, 0.29) is 5.91 Å². The maximum atomic E-state index is 13.0. The SMILES string of the molecule is Cn1cc(-c2nc3ccccn3c2NC(=O)c2cncc(-n3ccnn3)c2)cn1. The number of imidazole rings is 1. The third kappa shape index (κ3) is 3.02. The van der Waals surface area contributed by atoms with Crippen LogP contribution in [0.4, 0.5) is 5.82 Å². The molecule has 142 valence electrons. The van der Waals surface area contributed by atoms with Crippen LogP contribution in [0.1, 0.15) is 10.4 Å². The van der Waals surface area contributed by atoms with Crippen LogP contribution in [0.3, 0.4) is 0 Å². The summed E-state index contributed by atoms with van der Waals surface area (Å²) in [5.74, 6) is 0.250. The molecule has 5 heterocycles. The Morgan fingerprint density at radius 1 is 1.14 bits per heavy atom. The molecule has 0 saturated carbocycles. The smallest absolute Gasteiger partial charge is 0.258 e. The molecular weight excluding hydrogens is 370 g/mol. The average molecular weight is 385 g/mol. The molecule has 5 aromatic rings. The zero-order valence-corrected chi connectivity index (χ0v) is 15.3. The van der Waals surface area contributed by atoms with Crippen molar-refractivity contribution in [2.75, 3.05) is 5.32 Å². The van der Waals surface area contributed by atoms with Crippen molar-refractivity contribution in [3.63, 3.8) is 0 Å². The van der Waals surface area contributed by atoms with Gasteiger partial charge in [0.25, 0.3) is 5.91 Å². The lowest BCUT2D eigenvalue weighted by molar-refractivity contribution is 0.102. The minimum absolute atomic E-state index is 0.310. The van der Waals surface area contributed by atoms with Gasteiger partial charge < -0.3 is 5.32 Å². The first-order valence-corrected chi connectivity index (χ1v) is 8.78. The van der Waals surface area contributed by atoms with Gasteiger partial charge in [0.2, 0.25) is 0 Å². The summed E-state index contributed by atoms with van der Waals surface area (Å²) in [5, 5.41) is 14.9. The molecule has 0 unspecified atom stereocenters. The topological polar surface area (TPSA) is 108 Å². The van der Waals surface area contributed by atoms with E-state index in [0.29, 0.717) is 22.8 Å². The van der Waals surface area contributed by atoms with Crippen molar-refractivity contribution in [3.05, 3.63) is 73.2 Å². The van der Waals surface area contributed by atoms with Crippen LogP contribution < -0.4 is 5.32 Å². The minimum atomic E-state index is -0.310. The van der Waals surface area contributed by atoms with Crippen molar-refractivity contribution in [1.29, 1.82) is 0 Å². The van der Waals surface area contributed by atoms with E-state index in [2.05, 4.69) is 30.7 Å². The fourth-order valence-corrected chi connectivity index (χ4v) is 3.06. The number of aromatic nitrogens is 8. The molecule has 1 amide bonds. The maximum absolute atomic E-state index is 13.0. The molecule has 0 spiro atoms. The summed E-state index contributed by atoms with van der Waals surface area (Å²) in [6.07, 6.45) is 11.8. The number of pyridine rings is 2. The lowest BCUT2D eigenvalue weighted by Crippen LogP contribution is -2.15. The molecule has 0 aliphatic heterocycles. The summed E-state index contributed by atoms with van der Waals surface area (Å²) < 4.78 is 5.06. The first-order chi connectivity index (χ1) is 14.2. The van der Waals surface area contributed by atoms with Gasteiger partial charge in [-0.3, -0.25) is 18.9 Å². The Balaban J connectivity index is 1.55. The Labute approximate surface area is 164 Å². The highest BCUT2D eigenvalue weighted by atomic mass is 16.1. The molecule has 0 fully saturated rings. The van der Waals surface area contributed by atoms with E-state index in [1.54, 1.807) is 40.2 Å². The second kappa shape index (κ2) is 6.68. The van der Waals surface area contributed by atoms with Crippen molar-refractivity contribution < 1.29 is 4.79 Å². The number of hydrogen-bond donors (Lipinski definition) is 1. The molecule has 0 aromatic carbocycles. The third-order valence-electron chi connectivity index (χ3n) is 4.41. The van der Waals surface area contributed by atoms with Gasteiger partial charge >= 0.3 is 0 Å². The third-order valence-corrected chi connectivity index (χ3v) is 4.41. The Bertz CT molecular complexity index is 1320. The van der Waals surface area contributed by atoms with Crippen LogP contribution in [0.5, 0.6) is 0 Å². The van der Waals surface area contributed by atoms with Crippen molar-refractivity contribution in [3.8, 4) is 16.9 Å². The molecule has 0 aliphatic carbocycles. The highest BCUT2D eigenvalue weighted by Crippen LogP contribution is 2.28. The quantitative estimate of drug-likeness (QED) is 0.507. The van der Waals surface area contributed by atoms with Gasteiger partial charge in [-0.15, -0.1) is 5.10 Å². The van der Waals surface area contributed by atoms with Gasteiger partial charge in [0.05, 0.1) is 36.0 Å². The van der Waals surface area contributed by atoms with Gasteiger partial charge in [0.1, 0.15) is 17.2 Å². The Morgan fingerprint density at radius 2 is 2.07 bits per heavy atom. The van der Waals surface area contributed by atoms with Gasteiger partial charge in [0.15, 0.2) is 0 Å². The zero-order chi connectivity index (χ0) is 19.8. The number of fused-ring (bicyclic) bond motifs is 1. The molecule has 0 radical (unpaired) electrons. The van der Waals surface area contributed by atoms with E-state index in [4.69, 9.17) is 0 Å². The zero-order valence-electron chi connectivity index (χ0n) is 15.3. The summed E-state index contributed by atoms with van der Waals surface area (Å²) in [5.41, 5.74) is 3.19. The highest BCUT2D eigenvalue weighted by molar-refractivity contribution is 6.05. The van der Waals surface area contributed by atoms with Crippen LogP contribution in [0.15, 0.2) is 67.6 Å². The van der Waals surface area contributed by atoms with Crippen LogP contribution in [-0.4, -0.2) is 45.1 Å². The molecule has 0 bridgehead atoms. The minimum Gasteiger partial charge on any atom is -0.306 e. The maximum Gasteiger partial charge on any atom is 0.258 e. The van der Waals surface area contributed by atoms with Gasteiger partial charge in [-0.25, -0.2) is 9.67 Å². The Hall–Kier alpha value is -4.34. The normalized spacial score (nSPS) is 11.1. The van der Waals surface area contributed by atoms with Gasteiger partial charge in [0, 0.05) is 31.2 Å². The van der Waals surface area contributed by atoms with Gasteiger partial charge in [-0.1, -0.05) is 11.3 Å². The Morgan fingerprint density at radius 3 is 2.86 bits per heavy atom. The fourth-order valence-electron chi connectivity index (χ4n) is 3.06. The number of anilines is 1. The predicted molar refractivity (Wildman–Crippen MR) is 105 cm³/mol. The van der Waals surface area contributed by atoms with Crippen molar-refractivity contribution in [2.24, 2.45) is 7.05 Å². The van der Waals surface area contributed by atoms with Crippen molar-refractivity contribution >= 4 is 17.4 Å². The Kier molecular flexibility index (Phi) is 3.87. The second-order valence-corrected chi connectivity index (χ2v) is 6.37. The molecule has 0 atom stereocenters. The summed E-state index contributed by atoms with van der Waals surface area (Å²) in [4.78, 5) is 21.8. The van der Waals surface area contributed by atoms with Crippen LogP contribution >= 0.6 is 0 Å². The van der Waals surface area contributed by atoms with Crippen LogP contribution in [-0.2, 0) is 7.05 Å². The standard InChI is InChI=1S/C19H15N9O/c1-26-12-14(10-22-26)17-18(27-6-3-2-4-16(27)23-17)24-19(29)13-8-15(11-20-9-13)28-7-5-21-25-28/h2-12H,1H3,(H,24,29). The number of nitrogens with zero attached hydrogens (tertiary/aromatic N) is 8. The van der Waals surface area contributed by atoms with Crippen LogP contribution in [0.25, 0.3) is 22.6 Å². The molecule has 1 N–H and O–H groups in total.